The van der Waals surface area contributed by atoms with E-state index in [1.54, 1.807) is 18.6 Å². The van der Waals surface area contributed by atoms with Crippen molar-refractivity contribution in [2.75, 3.05) is 7.05 Å². The summed E-state index contributed by atoms with van der Waals surface area (Å²) in [6.07, 6.45) is -6.54. The molecule has 0 fully saturated rings. The number of hydrogen-bond acceptors (Lipinski definition) is 6. The molecule has 0 saturated carbocycles. The lowest BCUT2D eigenvalue weighted by Gasteiger charge is -2.23. The second-order valence-electron chi connectivity index (χ2n) is 7.62. The zero-order chi connectivity index (χ0) is 27.0. The topological polar surface area (TPSA) is 120 Å². The SMILES string of the molecule is CC(Oc1cc(-n2c(=O)cc(C(F)(F)F)n(C)c2=O)c(F)cc1Cl)C(=O)NS(=O)(=O)N(C)C(C)C. The molecule has 10 nitrogen and oxygen atoms in total. The first-order valence-electron chi connectivity index (χ1n) is 9.74. The summed E-state index contributed by atoms with van der Waals surface area (Å²) in [5.41, 5.74) is -5.34. The molecule has 1 atom stereocenters. The van der Waals surface area contributed by atoms with Crippen LogP contribution in [0.3, 0.4) is 0 Å². The van der Waals surface area contributed by atoms with Crippen LogP contribution in [0.2, 0.25) is 5.02 Å². The number of alkyl halides is 3. The van der Waals surface area contributed by atoms with E-state index in [9.17, 15) is 40.4 Å². The number of hydrogen-bond donors (Lipinski definition) is 1. The highest BCUT2D eigenvalue weighted by Gasteiger charge is 2.35. The highest BCUT2D eigenvalue weighted by Crippen LogP contribution is 2.31. The van der Waals surface area contributed by atoms with E-state index in [2.05, 4.69) is 0 Å². The maximum atomic E-state index is 14.6. The van der Waals surface area contributed by atoms with Crippen LogP contribution < -0.4 is 20.7 Å². The van der Waals surface area contributed by atoms with Crippen molar-refractivity contribution in [3.8, 4) is 11.4 Å². The third-order valence-electron chi connectivity index (χ3n) is 4.86. The normalized spacial score (nSPS) is 13.3. The molecule has 0 aliphatic rings. The zero-order valence-corrected chi connectivity index (χ0v) is 20.5. The molecule has 1 unspecified atom stereocenters. The fourth-order valence-corrected chi connectivity index (χ4v) is 4.02. The maximum Gasteiger partial charge on any atom is 0.431 e. The zero-order valence-electron chi connectivity index (χ0n) is 19.0. The molecule has 0 saturated heterocycles. The molecular weight excluding hydrogens is 524 g/mol. The van der Waals surface area contributed by atoms with E-state index in [1.807, 2.05) is 0 Å². The van der Waals surface area contributed by atoms with Gasteiger partial charge < -0.3 is 4.74 Å². The Balaban J connectivity index is 2.48. The van der Waals surface area contributed by atoms with Crippen LogP contribution in [0.25, 0.3) is 5.69 Å². The van der Waals surface area contributed by atoms with Crippen molar-refractivity contribution >= 4 is 27.7 Å². The van der Waals surface area contributed by atoms with Crippen LogP contribution in [0, 0.1) is 5.82 Å². The number of carbonyl (C=O) groups is 1. The molecule has 0 aliphatic heterocycles. The van der Waals surface area contributed by atoms with Crippen LogP contribution in [0.1, 0.15) is 26.5 Å². The van der Waals surface area contributed by atoms with E-state index in [1.165, 1.54) is 7.05 Å². The van der Waals surface area contributed by atoms with Gasteiger partial charge in [-0.1, -0.05) is 11.6 Å². The number of halogens is 5. The predicted molar refractivity (Wildman–Crippen MR) is 117 cm³/mol. The van der Waals surface area contributed by atoms with Gasteiger partial charge in [-0.05, 0) is 26.8 Å². The summed E-state index contributed by atoms with van der Waals surface area (Å²) in [4.78, 5) is 37.1. The maximum absolute atomic E-state index is 14.6. The first-order chi connectivity index (χ1) is 15.9. The van der Waals surface area contributed by atoms with Gasteiger partial charge in [0.1, 0.15) is 17.3 Å². The molecule has 1 heterocycles. The quantitative estimate of drug-likeness (QED) is 0.531. The Morgan fingerprint density at radius 3 is 2.26 bits per heavy atom. The monoisotopic (exact) mass is 544 g/mol. The smallest absolute Gasteiger partial charge is 0.431 e. The molecule has 0 radical (unpaired) electrons. The first-order valence-corrected chi connectivity index (χ1v) is 11.6. The summed E-state index contributed by atoms with van der Waals surface area (Å²) in [5, 5.41) is -0.426. The number of rotatable bonds is 7. The van der Waals surface area contributed by atoms with Gasteiger partial charge in [0.25, 0.3) is 11.5 Å². The molecule has 16 heteroatoms. The summed E-state index contributed by atoms with van der Waals surface area (Å²) in [7, 11) is -2.24. The van der Waals surface area contributed by atoms with E-state index in [4.69, 9.17) is 16.3 Å². The number of carbonyl (C=O) groups excluding carboxylic acids is 1. The van der Waals surface area contributed by atoms with Crippen LogP contribution in [0.15, 0.2) is 27.8 Å². The van der Waals surface area contributed by atoms with Gasteiger partial charge in [0, 0.05) is 32.3 Å². The van der Waals surface area contributed by atoms with Crippen LogP contribution in [0.5, 0.6) is 5.75 Å². The lowest BCUT2D eigenvalue weighted by atomic mass is 10.2. The van der Waals surface area contributed by atoms with Gasteiger partial charge in [-0.2, -0.15) is 25.9 Å². The molecular formula is C19H21ClF4N4O6S. The minimum atomic E-state index is -5.02. The molecule has 2 rings (SSSR count). The molecule has 1 N–H and O–H groups in total. The first kappa shape index (κ1) is 28.3. The molecule has 0 bridgehead atoms. The van der Waals surface area contributed by atoms with Crippen molar-refractivity contribution in [3.05, 3.63) is 55.6 Å². The Bertz CT molecular complexity index is 1370. The molecule has 35 heavy (non-hydrogen) atoms. The molecule has 1 aromatic heterocycles. The molecule has 0 aliphatic carbocycles. The van der Waals surface area contributed by atoms with E-state index in [0.717, 1.165) is 24.3 Å². The van der Waals surface area contributed by atoms with Gasteiger partial charge in [0.2, 0.25) is 0 Å². The fourth-order valence-electron chi connectivity index (χ4n) is 2.70. The van der Waals surface area contributed by atoms with Crippen molar-refractivity contribution in [1.29, 1.82) is 0 Å². The Labute approximate surface area is 201 Å². The number of nitrogens with one attached hydrogen (secondary N) is 1. The van der Waals surface area contributed by atoms with E-state index >= 15 is 0 Å². The number of ether oxygens (including phenoxy) is 1. The van der Waals surface area contributed by atoms with E-state index in [-0.39, 0.29) is 15.2 Å². The number of nitrogens with zero attached hydrogens (tertiary/aromatic N) is 3. The molecule has 194 valence electrons. The third-order valence-corrected chi connectivity index (χ3v) is 6.80. The minimum Gasteiger partial charge on any atom is -0.479 e. The average molecular weight is 545 g/mol. The largest absolute Gasteiger partial charge is 0.479 e. The molecule has 2 aromatic rings. The van der Waals surface area contributed by atoms with Gasteiger partial charge in [-0.3, -0.25) is 14.2 Å². The van der Waals surface area contributed by atoms with Crippen molar-refractivity contribution < 1.29 is 35.5 Å². The average Bonchev–Trinajstić information content (AvgIpc) is 2.71. The predicted octanol–water partition coefficient (Wildman–Crippen LogP) is 1.82. The third kappa shape index (κ3) is 6.02. The summed E-state index contributed by atoms with van der Waals surface area (Å²) in [6.45, 7) is 4.27. The second kappa shape index (κ2) is 9.99. The molecule has 1 aromatic carbocycles. The van der Waals surface area contributed by atoms with Crippen molar-refractivity contribution in [2.24, 2.45) is 7.05 Å². The van der Waals surface area contributed by atoms with Crippen LogP contribution in [0.4, 0.5) is 17.6 Å². The summed E-state index contributed by atoms with van der Waals surface area (Å²) >= 11 is 5.92. The van der Waals surface area contributed by atoms with Crippen LogP contribution in [-0.2, 0) is 28.2 Å². The molecule has 0 spiro atoms. The van der Waals surface area contributed by atoms with Gasteiger partial charge in [0.15, 0.2) is 6.10 Å². The van der Waals surface area contributed by atoms with Crippen molar-refractivity contribution in [2.45, 2.75) is 39.1 Å². The standard InChI is InChI=1S/C19H21ClF4N4O6S/c1-9(2)27(5)35(32,33)25-17(30)10(3)34-14-7-13(12(21)6-11(14)20)28-16(29)8-15(19(22,23)24)26(4)18(28)31/h6-10H,1-5H3,(H,25,30). The summed E-state index contributed by atoms with van der Waals surface area (Å²) in [6, 6.07) is 0.980. The second-order valence-corrected chi connectivity index (χ2v) is 9.76. The van der Waals surface area contributed by atoms with E-state index in [0.29, 0.717) is 6.07 Å². The summed E-state index contributed by atoms with van der Waals surface area (Å²) < 4.78 is 86.4. The highest BCUT2D eigenvalue weighted by molar-refractivity contribution is 7.87. The van der Waals surface area contributed by atoms with Crippen molar-refractivity contribution in [3.63, 3.8) is 0 Å². The Kier molecular flexibility index (Phi) is 8.08. The Hall–Kier alpha value is -2.91. The number of aromatic nitrogens is 2. The molecule has 1 amide bonds. The van der Waals surface area contributed by atoms with Gasteiger partial charge in [-0.15, -0.1) is 0 Å². The lowest BCUT2D eigenvalue weighted by molar-refractivity contribution is -0.144. The number of benzene rings is 1. The fraction of sp³-hybridized carbons (Fsp3) is 0.421. The van der Waals surface area contributed by atoms with Gasteiger partial charge in [0.05, 0.1) is 10.7 Å². The van der Waals surface area contributed by atoms with Gasteiger partial charge >= 0.3 is 22.1 Å². The van der Waals surface area contributed by atoms with Crippen LogP contribution in [-0.4, -0.2) is 47.0 Å². The van der Waals surface area contributed by atoms with E-state index < -0.39 is 73.7 Å². The highest BCUT2D eigenvalue weighted by atomic mass is 35.5. The Morgan fingerprint density at radius 1 is 1.17 bits per heavy atom. The summed E-state index contributed by atoms with van der Waals surface area (Å²) in [5.74, 6) is -2.82. The van der Waals surface area contributed by atoms with Crippen LogP contribution >= 0.6 is 11.6 Å². The minimum absolute atomic E-state index is 0.113. The number of amides is 1. The lowest BCUT2D eigenvalue weighted by Crippen LogP contribution is -2.48. The van der Waals surface area contributed by atoms with Crippen molar-refractivity contribution in [1.82, 2.24) is 18.2 Å². The van der Waals surface area contributed by atoms with Gasteiger partial charge in [-0.25, -0.2) is 18.5 Å². The Morgan fingerprint density at radius 2 is 1.74 bits per heavy atom.